The Bertz CT molecular complexity index is 551. The second-order valence-electron chi connectivity index (χ2n) is 7.05. The lowest BCUT2D eigenvalue weighted by molar-refractivity contribution is -0.122. The normalized spacial score (nSPS) is 26.8. The highest BCUT2D eigenvalue weighted by Gasteiger charge is 2.52. The zero-order valence-electron chi connectivity index (χ0n) is 14.5. The fraction of sp³-hybridized carbons (Fsp3) is 0.500. The van der Waals surface area contributed by atoms with E-state index in [0.29, 0.717) is 11.8 Å². The van der Waals surface area contributed by atoms with Crippen molar-refractivity contribution in [2.24, 2.45) is 17.8 Å². The third kappa shape index (κ3) is 4.83. The average molecular weight is 323 g/mol. The van der Waals surface area contributed by atoms with Crippen molar-refractivity contribution in [2.75, 3.05) is 6.54 Å². The molecule has 24 heavy (non-hydrogen) atoms. The molecule has 2 atom stereocenters. The van der Waals surface area contributed by atoms with Crippen molar-refractivity contribution in [2.45, 2.75) is 44.9 Å². The summed E-state index contributed by atoms with van der Waals surface area (Å²) in [5.41, 5.74) is 1.29. The van der Waals surface area contributed by atoms with E-state index in [2.05, 4.69) is 53.9 Å². The van der Waals surface area contributed by atoms with Crippen LogP contribution in [0.2, 0.25) is 0 Å². The molecule has 0 heterocycles. The highest BCUT2D eigenvalue weighted by atomic mass is 16.2. The molecular weight excluding hydrogens is 294 g/mol. The lowest BCUT2D eigenvalue weighted by Crippen LogP contribution is -2.28. The van der Waals surface area contributed by atoms with Crippen molar-refractivity contribution in [1.29, 1.82) is 0 Å². The van der Waals surface area contributed by atoms with E-state index >= 15 is 0 Å². The maximum absolute atomic E-state index is 12.5. The summed E-state index contributed by atoms with van der Waals surface area (Å²) < 4.78 is 0. The van der Waals surface area contributed by atoms with Gasteiger partial charge in [0.25, 0.3) is 0 Å². The van der Waals surface area contributed by atoms with Gasteiger partial charge in [0.15, 0.2) is 0 Å². The lowest BCUT2D eigenvalue weighted by Gasteiger charge is -2.05. The van der Waals surface area contributed by atoms with Crippen LogP contribution in [0.5, 0.6) is 0 Å². The molecule has 128 valence electrons. The zero-order chi connectivity index (χ0) is 16.6. The van der Waals surface area contributed by atoms with E-state index in [1.807, 2.05) is 6.07 Å². The van der Waals surface area contributed by atoms with E-state index in [4.69, 9.17) is 0 Å². The Hall–Kier alpha value is -1.83. The molecule has 1 fully saturated rings. The summed E-state index contributed by atoms with van der Waals surface area (Å²) in [6.45, 7) is 0.749. The van der Waals surface area contributed by atoms with Gasteiger partial charge in [0.1, 0.15) is 0 Å². The molecule has 0 spiro atoms. The van der Waals surface area contributed by atoms with Gasteiger partial charge in [-0.1, -0.05) is 54.6 Å². The molecule has 2 aliphatic rings. The van der Waals surface area contributed by atoms with Gasteiger partial charge in [-0.25, -0.2) is 0 Å². The first-order valence-electron chi connectivity index (χ1n) is 9.48. The molecule has 2 aliphatic carbocycles. The molecule has 0 bridgehead atoms. The van der Waals surface area contributed by atoms with E-state index in [9.17, 15) is 4.79 Å². The summed E-state index contributed by atoms with van der Waals surface area (Å²) in [5, 5.41) is 3.17. The Morgan fingerprint density at radius 1 is 0.875 bits per heavy atom. The first-order chi connectivity index (χ1) is 11.9. The quantitative estimate of drug-likeness (QED) is 0.801. The molecule has 0 radical (unpaired) electrons. The summed E-state index contributed by atoms with van der Waals surface area (Å²) in [5.74, 6) is 1.73. The Kier molecular flexibility index (Phi) is 6.28. The van der Waals surface area contributed by atoms with Gasteiger partial charge in [-0.15, -0.1) is 0 Å². The van der Waals surface area contributed by atoms with Crippen molar-refractivity contribution in [1.82, 2.24) is 5.32 Å². The molecule has 1 amide bonds. The zero-order valence-corrected chi connectivity index (χ0v) is 14.5. The van der Waals surface area contributed by atoms with Gasteiger partial charge in [-0.2, -0.15) is 0 Å². The summed E-state index contributed by atoms with van der Waals surface area (Å²) in [6, 6.07) is 10.4. The number of nitrogens with one attached hydrogen (secondary N) is 1. The van der Waals surface area contributed by atoms with Crippen LogP contribution in [0.3, 0.4) is 0 Å². The van der Waals surface area contributed by atoms with Crippen LogP contribution in [0, 0.1) is 17.8 Å². The predicted molar refractivity (Wildman–Crippen MR) is 99.6 cm³/mol. The number of carbonyl (C=O) groups excluding carboxylic acids is 1. The Morgan fingerprint density at radius 3 is 2.08 bits per heavy atom. The Labute approximate surface area is 146 Å². The van der Waals surface area contributed by atoms with Gasteiger partial charge in [-0.3, -0.25) is 4.79 Å². The highest BCUT2D eigenvalue weighted by Crippen LogP contribution is 2.52. The minimum Gasteiger partial charge on any atom is -0.356 e. The number of amides is 1. The second-order valence-corrected chi connectivity index (χ2v) is 7.05. The maximum Gasteiger partial charge on any atom is 0.223 e. The van der Waals surface area contributed by atoms with Gasteiger partial charge in [-0.05, 0) is 62.3 Å². The largest absolute Gasteiger partial charge is 0.356 e. The summed E-state index contributed by atoms with van der Waals surface area (Å²) in [4.78, 5) is 12.5. The fourth-order valence-corrected chi connectivity index (χ4v) is 3.95. The number of benzene rings is 1. The maximum atomic E-state index is 12.5. The molecule has 0 aromatic heterocycles. The molecule has 0 aliphatic heterocycles. The van der Waals surface area contributed by atoms with Crippen molar-refractivity contribution in [3.63, 3.8) is 0 Å². The fourth-order valence-electron chi connectivity index (χ4n) is 3.95. The third-order valence-corrected chi connectivity index (χ3v) is 5.36. The van der Waals surface area contributed by atoms with Gasteiger partial charge in [0.05, 0.1) is 0 Å². The molecule has 1 N–H and O–H groups in total. The summed E-state index contributed by atoms with van der Waals surface area (Å²) >= 11 is 0. The van der Waals surface area contributed by atoms with Crippen molar-refractivity contribution in [3.05, 3.63) is 60.2 Å². The SMILES string of the molecule is O=C(NCCc1ccccc1)C1C2CCC=CCCC=CCCC21. The lowest BCUT2D eigenvalue weighted by atomic mass is 10.1. The van der Waals surface area contributed by atoms with Crippen LogP contribution in [0.25, 0.3) is 0 Å². The topological polar surface area (TPSA) is 29.1 Å². The monoisotopic (exact) mass is 323 g/mol. The van der Waals surface area contributed by atoms with E-state index in [-0.39, 0.29) is 11.8 Å². The molecule has 0 saturated heterocycles. The van der Waals surface area contributed by atoms with Crippen molar-refractivity contribution < 1.29 is 4.79 Å². The number of rotatable bonds is 4. The molecule has 1 aromatic carbocycles. The van der Waals surface area contributed by atoms with Gasteiger partial charge < -0.3 is 5.32 Å². The van der Waals surface area contributed by atoms with Crippen LogP contribution < -0.4 is 5.32 Å². The first kappa shape index (κ1) is 17.0. The molecule has 3 rings (SSSR count). The first-order valence-corrected chi connectivity index (χ1v) is 9.48. The average Bonchev–Trinajstić information content (AvgIpc) is 3.28. The predicted octanol–water partition coefficient (Wildman–Crippen LogP) is 4.67. The molecule has 2 nitrogen and oxygen atoms in total. The number of allylic oxidation sites excluding steroid dienone is 4. The summed E-state index contributed by atoms with van der Waals surface area (Å²) in [7, 11) is 0. The van der Waals surface area contributed by atoms with Crippen LogP contribution in [0.1, 0.15) is 44.1 Å². The summed E-state index contributed by atoms with van der Waals surface area (Å²) in [6.07, 6.45) is 17.0. The van der Waals surface area contributed by atoms with Crippen LogP contribution in [-0.2, 0) is 11.2 Å². The standard InChI is InChI=1S/C22H29NO/c24-22(23-17-16-18-12-8-7-9-13-18)21-19-14-10-5-3-1-2-4-6-11-15-20(19)21/h3-9,12-13,19-21H,1-2,10-11,14-17H2,(H,23,24). The molecule has 1 aromatic rings. The second kappa shape index (κ2) is 8.86. The molecule has 1 saturated carbocycles. The van der Waals surface area contributed by atoms with E-state index in [1.165, 1.54) is 18.4 Å². The van der Waals surface area contributed by atoms with E-state index in [1.54, 1.807) is 0 Å². The van der Waals surface area contributed by atoms with Crippen LogP contribution in [-0.4, -0.2) is 12.5 Å². The van der Waals surface area contributed by atoms with Crippen LogP contribution in [0.4, 0.5) is 0 Å². The minimum atomic E-state index is 0.253. The number of fused-ring (bicyclic) bond motifs is 1. The van der Waals surface area contributed by atoms with Gasteiger partial charge in [0, 0.05) is 12.5 Å². The van der Waals surface area contributed by atoms with Gasteiger partial charge in [0.2, 0.25) is 5.91 Å². The molecule has 2 heteroatoms. The Morgan fingerprint density at radius 2 is 1.46 bits per heavy atom. The smallest absolute Gasteiger partial charge is 0.223 e. The van der Waals surface area contributed by atoms with Crippen LogP contribution in [0.15, 0.2) is 54.6 Å². The van der Waals surface area contributed by atoms with E-state index in [0.717, 1.165) is 38.6 Å². The Balaban J connectivity index is 1.47. The molecule has 2 unspecified atom stereocenters. The van der Waals surface area contributed by atoms with Crippen molar-refractivity contribution >= 4 is 5.91 Å². The number of hydrogen-bond donors (Lipinski definition) is 1. The molecular formula is C22H29NO. The van der Waals surface area contributed by atoms with Gasteiger partial charge >= 0.3 is 0 Å². The van der Waals surface area contributed by atoms with E-state index < -0.39 is 0 Å². The highest BCUT2D eigenvalue weighted by molar-refractivity contribution is 5.82. The number of carbonyl (C=O) groups is 1. The third-order valence-electron chi connectivity index (χ3n) is 5.36. The minimum absolute atomic E-state index is 0.253. The van der Waals surface area contributed by atoms with Crippen molar-refractivity contribution in [3.8, 4) is 0 Å². The van der Waals surface area contributed by atoms with Crippen LogP contribution >= 0.6 is 0 Å². The number of hydrogen-bond acceptors (Lipinski definition) is 1.